The van der Waals surface area contributed by atoms with Gasteiger partial charge in [-0.15, -0.1) is 6.58 Å². The highest BCUT2D eigenvalue weighted by molar-refractivity contribution is 5.83. The molecule has 0 N–H and O–H groups in total. The number of rotatable bonds is 4. The number of carbonyl (C=O) groups excluding carboxylic acids is 1. The molecule has 0 radical (unpaired) electrons. The van der Waals surface area contributed by atoms with E-state index in [2.05, 4.69) is 11.6 Å². The van der Waals surface area contributed by atoms with E-state index in [0.29, 0.717) is 25.5 Å². The van der Waals surface area contributed by atoms with Gasteiger partial charge in [0.1, 0.15) is 6.04 Å². The van der Waals surface area contributed by atoms with Gasteiger partial charge in [-0.1, -0.05) is 12.2 Å². The maximum Gasteiger partial charge on any atom is 0.344 e. The van der Waals surface area contributed by atoms with Crippen LogP contribution in [0.1, 0.15) is 5.76 Å². The molecule has 0 unspecified atom stereocenters. The molecule has 1 atom stereocenters. The summed E-state index contributed by atoms with van der Waals surface area (Å²) in [7, 11) is 0. The van der Waals surface area contributed by atoms with Crippen LogP contribution in [-0.2, 0) is 4.84 Å². The smallest absolute Gasteiger partial charge is 0.344 e. The van der Waals surface area contributed by atoms with E-state index in [1.165, 1.54) is 11.5 Å². The molecular formula is C12H13N3O3. The van der Waals surface area contributed by atoms with E-state index in [-0.39, 0.29) is 12.1 Å². The van der Waals surface area contributed by atoms with Crippen molar-refractivity contribution in [1.82, 2.24) is 14.9 Å². The molecule has 18 heavy (non-hydrogen) atoms. The van der Waals surface area contributed by atoms with E-state index >= 15 is 0 Å². The molecule has 0 saturated carbocycles. The molecule has 3 rings (SSSR count). The largest absolute Gasteiger partial charge is 0.444 e. The van der Waals surface area contributed by atoms with Gasteiger partial charge in [0.25, 0.3) is 0 Å². The van der Waals surface area contributed by atoms with Gasteiger partial charge in [0, 0.05) is 12.1 Å². The van der Waals surface area contributed by atoms with Crippen LogP contribution in [0, 0.1) is 0 Å². The van der Waals surface area contributed by atoms with Crippen LogP contribution in [0.25, 0.3) is 5.57 Å². The highest BCUT2D eigenvalue weighted by Crippen LogP contribution is 2.32. The minimum absolute atomic E-state index is 0.118. The lowest BCUT2D eigenvalue weighted by Crippen LogP contribution is -2.34. The third-order valence-corrected chi connectivity index (χ3v) is 3.07. The zero-order valence-corrected chi connectivity index (χ0v) is 9.78. The Hall–Kier alpha value is -2.08. The van der Waals surface area contributed by atoms with Crippen LogP contribution in [-0.4, -0.2) is 46.7 Å². The van der Waals surface area contributed by atoms with E-state index in [0.717, 1.165) is 5.57 Å². The van der Waals surface area contributed by atoms with Crippen molar-refractivity contribution in [3.63, 3.8) is 0 Å². The van der Waals surface area contributed by atoms with Gasteiger partial charge in [-0.2, -0.15) is 5.06 Å². The van der Waals surface area contributed by atoms with Gasteiger partial charge in [-0.3, -0.25) is 4.84 Å². The average Bonchev–Trinajstić information content (AvgIpc) is 2.99. The fourth-order valence-electron chi connectivity index (χ4n) is 2.26. The van der Waals surface area contributed by atoms with Gasteiger partial charge in [0.15, 0.2) is 12.2 Å². The van der Waals surface area contributed by atoms with Crippen LogP contribution in [0.4, 0.5) is 4.79 Å². The fraction of sp³-hybridized carbons (Fsp3) is 0.333. The van der Waals surface area contributed by atoms with Crippen molar-refractivity contribution in [2.45, 2.75) is 6.04 Å². The molecule has 0 aromatic carbocycles. The summed E-state index contributed by atoms with van der Waals surface area (Å²) in [5, 5.41) is 1.39. The number of amides is 2. The average molecular weight is 247 g/mol. The lowest BCUT2D eigenvalue weighted by Gasteiger charge is -2.23. The van der Waals surface area contributed by atoms with Crippen molar-refractivity contribution < 1.29 is 14.0 Å². The fourth-order valence-corrected chi connectivity index (χ4v) is 2.26. The lowest BCUT2D eigenvalue weighted by molar-refractivity contribution is -0.105. The van der Waals surface area contributed by atoms with E-state index in [1.807, 2.05) is 6.08 Å². The van der Waals surface area contributed by atoms with Crippen LogP contribution in [0.2, 0.25) is 0 Å². The molecule has 0 aliphatic carbocycles. The van der Waals surface area contributed by atoms with Gasteiger partial charge in [0.2, 0.25) is 0 Å². The maximum atomic E-state index is 12.0. The van der Waals surface area contributed by atoms with Gasteiger partial charge in [0.05, 0.1) is 19.3 Å². The molecule has 1 aromatic rings. The molecule has 6 heteroatoms. The van der Waals surface area contributed by atoms with E-state index in [9.17, 15) is 4.79 Å². The van der Waals surface area contributed by atoms with Crippen LogP contribution in [0.3, 0.4) is 0 Å². The van der Waals surface area contributed by atoms with Crippen molar-refractivity contribution in [1.29, 1.82) is 0 Å². The summed E-state index contributed by atoms with van der Waals surface area (Å²) in [5.41, 5.74) is 0.943. The molecule has 0 spiro atoms. The molecule has 3 heterocycles. The Labute approximate surface area is 104 Å². The monoisotopic (exact) mass is 247 g/mol. The summed E-state index contributed by atoms with van der Waals surface area (Å²) < 4.78 is 5.30. The first-order valence-electron chi connectivity index (χ1n) is 5.72. The Balaban J connectivity index is 1.88. The Morgan fingerprint density at radius 2 is 2.56 bits per heavy atom. The standard InChI is InChI=1S/C12H13N3O3/c1-2-5-18-15-10-7-14(12(15)16)4-3-9(10)11-6-13-8-17-11/h2-3,6,8,10H,1,4-5,7H2/t10-/m0/s1. The van der Waals surface area contributed by atoms with Crippen LogP contribution in [0.5, 0.6) is 0 Å². The zero-order valence-electron chi connectivity index (χ0n) is 9.78. The number of nitrogens with zero attached hydrogens (tertiary/aromatic N) is 3. The Morgan fingerprint density at radius 3 is 3.28 bits per heavy atom. The Kier molecular flexibility index (Phi) is 2.64. The van der Waals surface area contributed by atoms with Gasteiger partial charge >= 0.3 is 6.03 Å². The number of carbonyl (C=O) groups is 1. The van der Waals surface area contributed by atoms with E-state index in [4.69, 9.17) is 9.25 Å². The number of fused-ring (bicyclic) bond motifs is 2. The second-order valence-corrected chi connectivity index (χ2v) is 4.14. The number of aromatic nitrogens is 1. The normalized spacial score (nSPS) is 22.3. The third-order valence-electron chi connectivity index (χ3n) is 3.07. The molecule has 1 aromatic heterocycles. The predicted octanol–water partition coefficient (Wildman–Crippen LogP) is 1.30. The van der Waals surface area contributed by atoms with E-state index in [1.54, 1.807) is 17.2 Å². The van der Waals surface area contributed by atoms with Crippen molar-refractivity contribution in [3.05, 3.63) is 37.1 Å². The summed E-state index contributed by atoms with van der Waals surface area (Å²) in [6.07, 6.45) is 6.62. The number of hydrogen-bond donors (Lipinski definition) is 0. The minimum Gasteiger partial charge on any atom is -0.444 e. The summed E-state index contributed by atoms with van der Waals surface area (Å²) in [5.74, 6) is 0.682. The maximum absolute atomic E-state index is 12.0. The van der Waals surface area contributed by atoms with E-state index < -0.39 is 0 Å². The quantitative estimate of drug-likeness (QED) is 0.752. The SMILES string of the molecule is C=CCON1C(=O)N2CC=C(c3cnco3)[C@@H]1C2. The molecule has 2 aliphatic rings. The first-order chi connectivity index (χ1) is 8.81. The zero-order chi connectivity index (χ0) is 12.5. The molecule has 2 bridgehead atoms. The van der Waals surface area contributed by atoms with Crippen molar-refractivity contribution in [3.8, 4) is 0 Å². The Bertz CT molecular complexity index is 495. The highest BCUT2D eigenvalue weighted by Gasteiger charge is 2.43. The van der Waals surface area contributed by atoms with Gasteiger partial charge < -0.3 is 9.32 Å². The highest BCUT2D eigenvalue weighted by atomic mass is 16.7. The molecule has 94 valence electrons. The number of oxazole rings is 1. The van der Waals surface area contributed by atoms with Gasteiger partial charge in [-0.05, 0) is 0 Å². The van der Waals surface area contributed by atoms with Crippen LogP contribution >= 0.6 is 0 Å². The first-order valence-corrected chi connectivity index (χ1v) is 5.72. The summed E-state index contributed by atoms with van der Waals surface area (Å²) in [6.45, 7) is 5.07. The lowest BCUT2D eigenvalue weighted by atomic mass is 10.0. The third kappa shape index (κ3) is 1.62. The van der Waals surface area contributed by atoms with Crippen molar-refractivity contribution in [2.75, 3.05) is 19.7 Å². The number of hydroxylamine groups is 2. The number of hydrogen-bond acceptors (Lipinski definition) is 4. The second-order valence-electron chi connectivity index (χ2n) is 4.14. The molecule has 1 saturated heterocycles. The topological polar surface area (TPSA) is 58.8 Å². The minimum atomic E-state index is -0.140. The predicted molar refractivity (Wildman–Crippen MR) is 63.2 cm³/mol. The molecule has 2 aliphatic heterocycles. The molecule has 1 fully saturated rings. The van der Waals surface area contributed by atoms with Crippen LogP contribution < -0.4 is 0 Å². The molecule has 6 nitrogen and oxygen atoms in total. The first kappa shape index (κ1) is 11.0. The molecule has 2 amide bonds. The summed E-state index contributed by atoms with van der Waals surface area (Å²) in [4.78, 5) is 23.1. The second kappa shape index (κ2) is 4.30. The summed E-state index contributed by atoms with van der Waals surface area (Å²) in [6, 6.07) is -0.258. The van der Waals surface area contributed by atoms with Crippen molar-refractivity contribution >= 4 is 11.6 Å². The van der Waals surface area contributed by atoms with Crippen molar-refractivity contribution in [2.24, 2.45) is 0 Å². The van der Waals surface area contributed by atoms with Gasteiger partial charge in [-0.25, -0.2) is 9.78 Å². The van der Waals surface area contributed by atoms with Crippen LogP contribution in [0.15, 0.2) is 35.7 Å². The summed E-state index contributed by atoms with van der Waals surface area (Å²) >= 11 is 0. The Morgan fingerprint density at radius 1 is 1.67 bits per heavy atom. The number of urea groups is 1. The molecular weight excluding hydrogens is 234 g/mol.